The fraction of sp³-hybridized carbons (Fsp3) is 0.312. The van der Waals surface area contributed by atoms with Crippen LogP contribution in [0.15, 0.2) is 24.3 Å². The van der Waals surface area contributed by atoms with E-state index in [1.165, 1.54) is 12.1 Å². The number of nitrogens with two attached hydrogens (primary N) is 1. The maximum Gasteiger partial charge on any atom is 0.326 e. The second-order valence-corrected chi connectivity index (χ2v) is 6.75. The molecule has 2 heterocycles. The van der Waals surface area contributed by atoms with Gasteiger partial charge in [0.05, 0.1) is 12.2 Å². The van der Waals surface area contributed by atoms with Crippen molar-refractivity contribution in [2.24, 2.45) is 5.73 Å². The number of primary amides is 1. The Morgan fingerprint density at radius 1 is 1.42 bits per heavy atom. The van der Waals surface area contributed by atoms with E-state index in [1.807, 2.05) is 6.92 Å². The number of aromatic nitrogens is 1. The summed E-state index contributed by atoms with van der Waals surface area (Å²) in [7, 11) is 0. The molecule has 1 atom stereocenters. The highest BCUT2D eigenvalue weighted by atomic mass is 32.1. The molecule has 8 heteroatoms. The van der Waals surface area contributed by atoms with Crippen molar-refractivity contribution in [1.82, 2.24) is 9.88 Å². The maximum atomic E-state index is 13.0. The highest BCUT2D eigenvalue weighted by Crippen LogP contribution is 2.30. The number of benzene rings is 1. The van der Waals surface area contributed by atoms with E-state index in [0.717, 1.165) is 16.9 Å². The standard InChI is InChI=1S/C16H17FN4O2S/c1-9-7-21(15-19-10(2)13(24-15)14(18)22)16(23)20(9)8-11-3-5-12(17)6-4-11/h3-6,9H,7-8H2,1-2H3,(H2,18,22)/t9-/m1/s1. The van der Waals surface area contributed by atoms with Gasteiger partial charge in [-0.1, -0.05) is 23.5 Å². The zero-order chi connectivity index (χ0) is 17.4. The van der Waals surface area contributed by atoms with Crippen molar-refractivity contribution >= 4 is 28.4 Å². The topological polar surface area (TPSA) is 79.5 Å². The van der Waals surface area contributed by atoms with Gasteiger partial charge in [0.25, 0.3) is 5.91 Å². The highest BCUT2D eigenvalue weighted by molar-refractivity contribution is 7.17. The molecule has 1 aromatic heterocycles. The van der Waals surface area contributed by atoms with E-state index in [0.29, 0.717) is 28.8 Å². The Hall–Kier alpha value is -2.48. The first-order valence-corrected chi connectivity index (χ1v) is 8.28. The summed E-state index contributed by atoms with van der Waals surface area (Å²) in [6.07, 6.45) is 0. The summed E-state index contributed by atoms with van der Waals surface area (Å²) in [6, 6.07) is 5.87. The predicted octanol–water partition coefficient (Wildman–Crippen LogP) is 2.52. The third kappa shape index (κ3) is 2.96. The van der Waals surface area contributed by atoms with Crippen molar-refractivity contribution in [1.29, 1.82) is 0 Å². The van der Waals surface area contributed by atoms with Gasteiger partial charge in [0, 0.05) is 12.6 Å². The van der Waals surface area contributed by atoms with Crippen LogP contribution in [0.2, 0.25) is 0 Å². The Balaban J connectivity index is 1.81. The van der Waals surface area contributed by atoms with Crippen LogP contribution in [0.5, 0.6) is 0 Å². The number of hydrogen-bond donors (Lipinski definition) is 1. The largest absolute Gasteiger partial charge is 0.365 e. The minimum Gasteiger partial charge on any atom is -0.365 e. The summed E-state index contributed by atoms with van der Waals surface area (Å²) >= 11 is 1.12. The van der Waals surface area contributed by atoms with Crippen LogP contribution < -0.4 is 10.6 Å². The van der Waals surface area contributed by atoms with E-state index in [9.17, 15) is 14.0 Å². The Bertz CT molecular complexity index is 790. The molecule has 1 aromatic carbocycles. The second-order valence-electron chi connectivity index (χ2n) is 5.77. The van der Waals surface area contributed by atoms with Gasteiger partial charge in [-0.25, -0.2) is 14.2 Å². The number of halogens is 1. The van der Waals surface area contributed by atoms with E-state index >= 15 is 0 Å². The molecule has 1 aliphatic heterocycles. The van der Waals surface area contributed by atoms with Gasteiger partial charge in [0.15, 0.2) is 5.13 Å². The molecule has 3 rings (SSSR count). The predicted molar refractivity (Wildman–Crippen MR) is 89.5 cm³/mol. The summed E-state index contributed by atoms with van der Waals surface area (Å²) in [5.41, 5.74) is 6.70. The number of rotatable bonds is 4. The molecule has 126 valence electrons. The quantitative estimate of drug-likeness (QED) is 0.922. The average molecular weight is 348 g/mol. The van der Waals surface area contributed by atoms with Gasteiger partial charge in [0.2, 0.25) is 0 Å². The van der Waals surface area contributed by atoms with E-state index in [4.69, 9.17) is 5.73 Å². The van der Waals surface area contributed by atoms with Crippen LogP contribution in [0.25, 0.3) is 0 Å². The molecular weight excluding hydrogens is 331 g/mol. The van der Waals surface area contributed by atoms with E-state index in [-0.39, 0.29) is 17.9 Å². The van der Waals surface area contributed by atoms with Crippen molar-refractivity contribution < 1.29 is 14.0 Å². The molecule has 2 N–H and O–H groups in total. The number of thiazole rings is 1. The first-order chi connectivity index (χ1) is 11.4. The zero-order valence-electron chi connectivity index (χ0n) is 13.3. The van der Waals surface area contributed by atoms with Crippen LogP contribution in [-0.2, 0) is 6.54 Å². The molecular formula is C16H17FN4O2S. The number of hydrogen-bond acceptors (Lipinski definition) is 4. The fourth-order valence-corrected chi connectivity index (χ4v) is 3.60. The van der Waals surface area contributed by atoms with Gasteiger partial charge in [-0.05, 0) is 31.5 Å². The van der Waals surface area contributed by atoms with Gasteiger partial charge < -0.3 is 10.6 Å². The zero-order valence-corrected chi connectivity index (χ0v) is 14.1. The van der Waals surface area contributed by atoms with E-state index in [2.05, 4.69) is 4.98 Å². The Kier molecular flexibility index (Phi) is 4.23. The molecule has 0 radical (unpaired) electrons. The molecule has 6 nitrogen and oxygen atoms in total. The minimum absolute atomic E-state index is 0.0243. The molecule has 2 aromatic rings. The Labute approximate surface area is 142 Å². The first-order valence-electron chi connectivity index (χ1n) is 7.46. The summed E-state index contributed by atoms with van der Waals surface area (Å²) in [6.45, 7) is 4.51. The van der Waals surface area contributed by atoms with Gasteiger partial charge >= 0.3 is 6.03 Å². The number of carbonyl (C=O) groups is 2. The van der Waals surface area contributed by atoms with Gasteiger partial charge in [-0.3, -0.25) is 9.69 Å². The molecule has 0 aliphatic carbocycles. The molecule has 0 unspecified atom stereocenters. The molecule has 1 aliphatic rings. The Morgan fingerprint density at radius 2 is 2.08 bits per heavy atom. The third-order valence-corrected chi connectivity index (χ3v) is 5.16. The molecule has 24 heavy (non-hydrogen) atoms. The van der Waals surface area contributed by atoms with Gasteiger partial charge in [-0.15, -0.1) is 0 Å². The van der Waals surface area contributed by atoms with Crippen LogP contribution in [0.3, 0.4) is 0 Å². The van der Waals surface area contributed by atoms with E-state index < -0.39 is 5.91 Å². The molecule has 0 saturated carbocycles. The summed E-state index contributed by atoms with van der Waals surface area (Å²) in [5.74, 6) is -0.850. The highest BCUT2D eigenvalue weighted by Gasteiger charge is 2.37. The summed E-state index contributed by atoms with van der Waals surface area (Å²) in [5, 5.41) is 0.472. The van der Waals surface area contributed by atoms with Crippen LogP contribution in [0, 0.1) is 12.7 Å². The van der Waals surface area contributed by atoms with E-state index in [1.54, 1.807) is 28.9 Å². The summed E-state index contributed by atoms with van der Waals surface area (Å²) < 4.78 is 13.0. The molecule has 0 bridgehead atoms. The van der Waals surface area contributed by atoms with Gasteiger partial charge in [-0.2, -0.15) is 0 Å². The second kappa shape index (κ2) is 6.20. The number of anilines is 1. The summed E-state index contributed by atoms with van der Waals surface area (Å²) in [4.78, 5) is 32.0. The van der Waals surface area contributed by atoms with Crippen molar-refractivity contribution in [3.63, 3.8) is 0 Å². The van der Waals surface area contributed by atoms with Crippen molar-refractivity contribution in [2.45, 2.75) is 26.4 Å². The van der Waals surface area contributed by atoms with Crippen molar-refractivity contribution in [3.8, 4) is 0 Å². The molecule has 1 fully saturated rings. The third-order valence-electron chi connectivity index (χ3n) is 3.96. The fourth-order valence-electron chi connectivity index (χ4n) is 2.68. The lowest BCUT2D eigenvalue weighted by Crippen LogP contribution is -2.33. The van der Waals surface area contributed by atoms with Crippen LogP contribution in [-0.4, -0.2) is 34.4 Å². The minimum atomic E-state index is -0.542. The maximum absolute atomic E-state index is 13.0. The lowest BCUT2D eigenvalue weighted by atomic mass is 10.2. The first kappa shape index (κ1) is 16.4. The number of aryl methyl sites for hydroxylation is 1. The number of nitrogens with zero attached hydrogens (tertiary/aromatic N) is 3. The number of urea groups is 1. The van der Waals surface area contributed by atoms with Gasteiger partial charge in [0.1, 0.15) is 10.7 Å². The SMILES string of the molecule is Cc1nc(N2C[C@@H](C)N(Cc3ccc(F)cc3)C2=O)sc1C(N)=O. The van der Waals surface area contributed by atoms with Crippen molar-refractivity contribution in [2.75, 3.05) is 11.4 Å². The van der Waals surface area contributed by atoms with Crippen LogP contribution in [0.1, 0.15) is 27.9 Å². The average Bonchev–Trinajstić information content (AvgIpc) is 3.04. The number of amides is 3. The lowest BCUT2D eigenvalue weighted by molar-refractivity contribution is 0.100. The normalized spacial score (nSPS) is 17.6. The van der Waals surface area contributed by atoms with Crippen LogP contribution >= 0.6 is 11.3 Å². The molecule has 1 saturated heterocycles. The lowest BCUT2D eigenvalue weighted by Gasteiger charge is -2.20. The van der Waals surface area contributed by atoms with Crippen molar-refractivity contribution in [3.05, 3.63) is 46.2 Å². The monoisotopic (exact) mass is 348 g/mol. The Morgan fingerprint density at radius 3 is 2.67 bits per heavy atom. The smallest absolute Gasteiger partial charge is 0.326 e. The molecule has 3 amide bonds. The molecule has 0 spiro atoms. The number of carbonyl (C=O) groups excluding carboxylic acids is 2. The van der Waals surface area contributed by atoms with Crippen LogP contribution in [0.4, 0.5) is 14.3 Å².